The van der Waals surface area contributed by atoms with E-state index >= 15 is 0 Å². The number of ether oxygens (including phenoxy) is 1. The summed E-state index contributed by atoms with van der Waals surface area (Å²) < 4.78 is 4.45. The second-order valence-corrected chi connectivity index (χ2v) is 1.22. The first kappa shape index (κ1) is 7.97. The molecule has 1 unspecified atom stereocenters. The summed E-state index contributed by atoms with van der Waals surface area (Å²) in [7, 11) is 0. The van der Waals surface area contributed by atoms with E-state index in [-0.39, 0.29) is 6.61 Å². The summed E-state index contributed by atoms with van der Waals surface area (Å²) in [6.45, 7) is 1.45. The van der Waals surface area contributed by atoms with Crippen molar-refractivity contribution < 1.29 is 9.84 Å². The molecule has 0 aliphatic rings. The second-order valence-electron chi connectivity index (χ2n) is 1.22. The van der Waals surface area contributed by atoms with Gasteiger partial charge in [0.15, 0.2) is 0 Å². The summed E-state index contributed by atoms with van der Waals surface area (Å²) in [5, 5.41) is 16.6. The van der Waals surface area contributed by atoms with Crippen LogP contribution in [0, 0.1) is 23.2 Å². The van der Waals surface area contributed by atoms with Crippen molar-refractivity contribution in [2.45, 2.75) is 13.2 Å². The Hall–Kier alpha value is -1.03. The van der Waals surface area contributed by atoms with Crippen LogP contribution in [0.1, 0.15) is 6.92 Å². The van der Waals surface area contributed by atoms with Crippen molar-refractivity contribution in [3.05, 3.63) is 0 Å². The van der Waals surface area contributed by atoms with Crippen LogP contribution >= 0.6 is 0 Å². The van der Waals surface area contributed by atoms with E-state index in [9.17, 15) is 0 Å². The smallest absolute Gasteiger partial charge is 0.220 e. The number of aliphatic hydroxyl groups excluding tert-OH is 1. The van der Waals surface area contributed by atoms with E-state index < -0.39 is 6.29 Å². The zero-order valence-electron chi connectivity index (χ0n) is 5.09. The molecule has 9 heavy (non-hydrogen) atoms. The van der Waals surface area contributed by atoms with Crippen molar-refractivity contribution in [3.8, 4) is 17.9 Å². The van der Waals surface area contributed by atoms with Crippen molar-refractivity contribution in [2.75, 3.05) is 6.61 Å². The first-order valence-corrected chi connectivity index (χ1v) is 2.40. The third-order valence-electron chi connectivity index (χ3n) is 0.574. The summed E-state index contributed by atoms with van der Waals surface area (Å²) in [5.74, 6) is 4.75. The van der Waals surface area contributed by atoms with Crippen LogP contribution in [0.3, 0.4) is 0 Å². The monoisotopic (exact) mass is 125 g/mol. The minimum atomic E-state index is -1.12. The van der Waals surface area contributed by atoms with E-state index in [2.05, 4.69) is 16.6 Å². The predicted octanol–water partition coefficient (Wildman–Crippen LogP) is -0.132. The maximum Gasteiger partial charge on any atom is 0.220 e. The molecule has 0 bridgehead atoms. The van der Waals surface area contributed by atoms with Gasteiger partial charge in [-0.3, -0.25) is 0 Å². The molecule has 0 aromatic rings. The lowest BCUT2D eigenvalue weighted by molar-refractivity contribution is -0.0432. The molecule has 0 aliphatic heterocycles. The normalized spacial score (nSPS) is 10.8. The van der Waals surface area contributed by atoms with E-state index in [0.29, 0.717) is 0 Å². The summed E-state index contributed by atoms with van der Waals surface area (Å²) in [6, 6.07) is 1.71. The lowest BCUT2D eigenvalue weighted by Gasteiger charge is -1.97. The zero-order valence-corrected chi connectivity index (χ0v) is 5.09. The molecule has 0 heterocycles. The SMILES string of the molecule is CC#CC(O)OCC#N. The molecule has 1 N–H and O–H groups in total. The Balaban J connectivity index is 3.37. The van der Waals surface area contributed by atoms with Crippen LogP contribution in [0.5, 0.6) is 0 Å². The van der Waals surface area contributed by atoms with Gasteiger partial charge in [-0.25, -0.2) is 0 Å². The number of hydrogen-bond acceptors (Lipinski definition) is 3. The fraction of sp³-hybridized carbons (Fsp3) is 0.500. The van der Waals surface area contributed by atoms with Crippen LogP contribution in [0.25, 0.3) is 0 Å². The highest BCUT2D eigenvalue weighted by molar-refractivity contribution is 4.98. The van der Waals surface area contributed by atoms with E-state index in [1.54, 1.807) is 13.0 Å². The molecule has 3 nitrogen and oxygen atoms in total. The first-order chi connectivity index (χ1) is 4.31. The van der Waals surface area contributed by atoms with E-state index in [1.165, 1.54) is 0 Å². The Morgan fingerprint density at radius 3 is 2.89 bits per heavy atom. The van der Waals surface area contributed by atoms with Crippen molar-refractivity contribution in [1.82, 2.24) is 0 Å². The van der Waals surface area contributed by atoms with E-state index in [4.69, 9.17) is 10.4 Å². The van der Waals surface area contributed by atoms with Crippen LogP contribution in [-0.4, -0.2) is 18.0 Å². The van der Waals surface area contributed by atoms with Gasteiger partial charge < -0.3 is 9.84 Å². The van der Waals surface area contributed by atoms with Gasteiger partial charge in [-0.05, 0) is 12.8 Å². The molecule has 48 valence electrons. The zero-order chi connectivity index (χ0) is 7.11. The molecule has 0 fully saturated rings. The predicted molar refractivity (Wildman–Crippen MR) is 31.0 cm³/mol. The van der Waals surface area contributed by atoms with Crippen LogP contribution in [0.2, 0.25) is 0 Å². The van der Waals surface area contributed by atoms with Crippen LogP contribution in [0.4, 0.5) is 0 Å². The van der Waals surface area contributed by atoms with E-state index in [1.807, 2.05) is 0 Å². The highest BCUT2D eigenvalue weighted by Gasteiger charge is 1.93. The van der Waals surface area contributed by atoms with Crippen molar-refractivity contribution in [3.63, 3.8) is 0 Å². The summed E-state index contributed by atoms with van der Waals surface area (Å²) >= 11 is 0. The third kappa shape index (κ3) is 4.83. The number of aliphatic hydroxyl groups is 1. The maximum absolute atomic E-state index is 8.63. The number of hydrogen-bond donors (Lipinski definition) is 1. The number of nitriles is 1. The summed E-state index contributed by atoms with van der Waals surface area (Å²) in [5.41, 5.74) is 0. The van der Waals surface area contributed by atoms with Gasteiger partial charge in [-0.15, -0.1) is 5.92 Å². The van der Waals surface area contributed by atoms with Crippen molar-refractivity contribution in [1.29, 1.82) is 5.26 Å². The Morgan fingerprint density at radius 1 is 1.78 bits per heavy atom. The van der Waals surface area contributed by atoms with Gasteiger partial charge in [0.05, 0.1) is 6.07 Å². The summed E-state index contributed by atoms with van der Waals surface area (Å²) in [6.07, 6.45) is -1.12. The van der Waals surface area contributed by atoms with Gasteiger partial charge in [0.2, 0.25) is 6.29 Å². The van der Waals surface area contributed by atoms with Crippen LogP contribution in [-0.2, 0) is 4.74 Å². The highest BCUT2D eigenvalue weighted by Crippen LogP contribution is 1.81. The molecule has 3 heteroatoms. The standard InChI is InChI=1S/C6H7NO2/c1-2-3-6(8)9-5-4-7/h6,8H,5H2,1H3. The molecule has 0 amide bonds. The number of rotatable bonds is 2. The second kappa shape index (κ2) is 5.11. The van der Waals surface area contributed by atoms with Gasteiger partial charge in [0.25, 0.3) is 0 Å². The molecular weight excluding hydrogens is 118 g/mol. The average Bonchev–Trinajstić information content (AvgIpc) is 1.85. The minimum Gasteiger partial charge on any atom is -0.358 e. The molecule has 0 rings (SSSR count). The minimum absolute atomic E-state index is 0.129. The topological polar surface area (TPSA) is 53.2 Å². The van der Waals surface area contributed by atoms with Gasteiger partial charge >= 0.3 is 0 Å². The molecule has 0 aromatic carbocycles. The van der Waals surface area contributed by atoms with Gasteiger partial charge in [-0.2, -0.15) is 5.26 Å². The first-order valence-electron chi connectivity index (χ1n) is 2.40. The van der Waals surface area contributed by atoms with Crippen LogP contribution in [0.15, 0.2) is 0 Å². The van der Waals surface area contributed by atoms with Gasteiger partial charge in [0, 0.05) is 0 Å². The lowest BCUT2D eigenvalue weighted by Crippen LogP contribution is -2.08. The largest absolute Gasteiger partial charge is 0.358 e. The average molecular weight is 125 g/mol. The lowest BCUT2D eigenvalue weighted by atomic mass is 10.6. The molecule has 0 aliphatic carbocycles. The number of nitrogens with zero attached hydrogens (tertiary/aromatic N) is 1. The van der Waals surface area contributed by atoms with Crippen molar-refractivity contribution >= 4 is 0 Å². The molecule has 0 spiro atoms. The molecular formula is C6H7NO2. The molecule has 0 radical (unpaired) electrons. The molecule has 1 atom stereocenters. The fourth-order valence-electron chi connectivity index (χ4n) is 0.281. The Bertz CT molecular complexity index is 160. The highest BCUT2D eigenvalue weighted by atomic mass is 16.6. The fourth-order valence-corrected chi connectivity index (χ4v) is 0.281. The summed E-state index contributed by atoms with van der Waals surface area (Å²) in [4.78, 5) is 0. The van der Waals surface area contributed by atoms with Crippen molar-refractivity contribution in [2.24, 2.45) is 0 Å². The van der Waals surface area contributed by atoms with E-state index in [0.717, 1.165) is 0 Å². The molecule has 0 aromatic heterocycles. The van der Waals surface area contributed by atoms with Crippen LogP contribution < -0.4 is 0 Å². The molecule has 0 saturated heterocycles. The quantitative estimate of drug-likeness (QED) is 0.413. The van der Waals surface area contributed by atoms with Gasteiger partial charge in [-0.1, -0.05) is 0 Å². The third-order valence-corrected chi connectivity index (χ3v) is 0.574. The maximum atomic E-state index is 8.63. The molecule has 0 saturated carbocycles. The van der Waals surface area contributed by atoms with Gasteiger partial charge in [0.1, 0.15) is 6.61 Å². The Morgan fingerprint density at radius 2 is 2.44 bits per heavy atom. The Kier molecular flexibility index (Phi) is 4.53. The Labute approximate surface area is 53.9 Å².